The quantitative estimate of drug-likeness (QED) is 0.0454. The molecule has 4 atom stereocenters. The Morgan fingerprint density at radius 3 is 2.20 bits per heavy atom. The molecule has 12 N–H and O–H groups in total. The number of rotatable bonds is 16. The van der Waals surface area contributed by atoms with Gasteiger partial charge in [-0.2, -0.15) is 12.6 Å². The molecule has 1 aromatic carbocycles. The van der Waals surface area contributed by atoms with Crippen molar-refractivity contribution >= 4 is 59.2 Å². The van der Waals surface area contributed by atoms with E-state index in [9.17, 15) is 34.2 Å². The minimum atomic E-state index is -1.57. The van der Waals surface area contributed by atoms with Crippen LogP contribution < -0.4 is 33.2 Å². The highest BCUT2D eigenvalue weighted by Gasteiger charge is 2.32. The van der Waals surface area contributed by atoms with Crippen LogP contribution in [-0.2, 0) is 30.4 Å². The fraction of sp³-hybridized carbons (Fsp3) is 0.417. The summed E-state index contributed by atoms with van der Waals surface area (Å²) < 4.78 is 0. The van der Waals surface area contributed by atoms with Gasteiger partial charge < -0.3 is 48.3 Å². The number of aromatic nitrogens is 1. The zero-order chi connectivity index (χ0) is 29.8. The first-order chi connectivity index (χ1) is 18.9. The molecule has 40 heavy (non-hydrogen) atoms. The number of carbonyl (C=O) groups is 5. The molecule has 218 valence electrons. The molecule has 0 saturated heterocycles. The van der Waals surface area contributed by atoms with Crippen molar-refractivity contribution in [2.24, 2.45) is 22.2 Å². The van der Waals surface area contributed by atoms with Gasteiger partial charge in [0.25, 0.3) is 0 Å². The Kier molecular flexibility index (Phi) is 12.2. The lowest BCUT2D eigenvalue weighted by molar-refractivity contribution is -0.143. The Balaban J connectivity index is 2.30. The Morgan fingerprint density at radius 1 is 0.950 bits per heavy atom. The van der Waals surface area contributed by atoms with Crippen LogP contribution >= 0.6 is 12.6 Å². The molecule has 0 saturated carbocycles. The lowest BCUT2D eigenvalue weighted by atomic mass is 10.0. The van der Waals surface area contributed by atoms with Crippen LogP contribution in [0.5, 0.6) is 0 Å². The van der Waals surface area contributed by atoms with Gasteiger partial charge in [-0.15, -0.1) is 0 Å². The van der Waals surface area contributed by atoms with Gasteiger partial charge in [-0.05, 0) is 24.5 Å². The number of aliphatic imine (C=N–C) groups is 1. The molecule has 0 radical (unpaired) electrons. The summed E-state index contributed by atoms with van der Waals surface area (Å²) in [5.74, 6) is -5.52. The average molecular weight is 579 g/mol. The van der Waals surface area contributed by atoms with Crippen LogP contribution in [0.4, 0.5) is 0 Å². The van der Waals surface area contributed by atoms with E-state index >= 15 is 0 Å². The second kappa shape index (κ2) is 15.3. The summed E-state index contributed by atoms with van der Waals surface area (Å²) in [6.45, 7) is 0.141. The van der Waals surface area contributed by atoms with Crippen molar-refractivity contribution in [3.05, 3.63) is 36.0 Å². The standard InChI is InChI=1S/C24H34N8O7S/c25-14(11-40)20(35)31-18(9-19(33)34)22(37)32-17(8-12-10-29-15-5-2-1-4-13(12)15)21(36)30-16(23(38)39)6-3-7-28-24(26)27/h1-2,4-5,10,14,16-18,29,40H,3,6-9,11,25H2,(H,30,36)(H,31,35)(H,32,37)(H,33,34)(H,38,39)(H4,26,27,28). The molecule has 0 spiro atoms. The summed E-state index contributed by atoms with van der Waals surface area (Å²) in [5.41, 5.74) is 17.6. The van der Waals surface area contributed by atoms with Crippen LogP contribution in [0.1, 0.15) is 24.8 Å². The summed E-state index contributed by atoms with van der Waals surface area (Å²) in [5, 5.41) is 26.8. The molecule has 2 rings (SSSR count). The fourth-order valence-corrected chi connectivity index (χ4v) is 3.95. The number of amides is 3. The van der Waals surface area contributed by atoms with E-state index < -0.39 is 60.2 Å². The van der Waals surface area contributed by atoms with E-state index in [1.165, 1.54) is 0 Å². The minimum absolute atomic E-state index is 0.00901. The molecule has 3 amide bonds. The number of hydrogen-bond acceptors (Lipinski definition) is 8. The second-order valence-electron chi connectivity index (χ2n) is 8.92. The molecule has 0 aliphatic heterocycles. The van der Waals surface area contributed by atoms with Gasteiger partial charge >= 0.3 is 11.9 Å². The maximum absolute atomic E-state index is 13.3. The number of nitrogens with zero attached hydrogens (tertiary/aromatic N) is 1. The number of carboxylic acid groups (broad SMARTS) is 2. The normalized spacial score (nSPS) is 13.8. The number of aromatic amines is 1. The lowest BCUT2D eigenvalue weighted by Gasteiger charge is -2.24. The number of guanidine groups is 1. The Labute approximate surface area is 234 Å². The molecule has 1 aromatic heterocycles. The molecule has 16 heteroatoms. The number of hydrogen-bond donors (Lipinski definition) is 10. The molecule has 2 aromatic rings. The van der Waals surface area contributed by atoms with E-state index in [0.717, 1.165) is 10.9 Å². The summed E-state index contributed by atoms with van der Waals surface area (Å²) >= 11 is 3.92. The van der Waals surface area contributed by atoms with Gasteiger partial charge in [0.15, 0.2) is 5.96 Å². The first-order valence-corrected chi connectivity index (χ1v) is 12.9. The molecule has 0 bridgehead atoms. The van der Waals surface area contributed by atoms with Gasteiger partial charge in [-0.25, -0.2) is 4.79 Å². The Morgan fingerprint density at radius 2 is 1.57 bits per heavy atom. The van der Waals surface area contributed by atoms with Crippen LogP contribution in [0, 0.1) is 0 Å². The molecule has 0 aliphatic carbocycles. The van der Waals surface area contributed by atoms with E-state index in [4.69, 9.17) is 17.2 Å². The SMILES string of the molecule is NC(N)=NCCCC(NC(=O)C(Cc1c[nH]c2ccccc12)NC(=O)C(CC(=O)O)NC(=O)C(N)CS)C(=O)O. The topological polar surface area (TPSA) is 268 Å². The molecule has 1 heterocycles. The van der Waals surface area contributed by atoms with Gasteiger partial charge in [0.1, 0.15) is 18.1 Å². The van der Waals surface area contributed by atoms with Crippen LogP contribution in [-0.4, -0.2) is 87.3 Å². The van der Waals surface area contributed by atoms with Crippen LogP contribution in [0.15, 0.2) is 35.5 Å². The third-order valence-electron chi connectivity index (χ3n) is 5.84. The lowest BCUT2D eigenvalue weighted by Crippen LogP contribution is -2.58. The number of benzene rings is 1. The molecule has 4 unspecified atom stereocenters. The largest absolute Gasteiger partial charge is 0.481 e. The first kappa shape index (κ1) is 31.9. The number of nitrogens with one attached hydrogen (secondary N) is 4. The third-order valence-corrected chi connectivity index (χ3v) is 6.23. The van der Waals surface area contributed by atoms with Gasteiger partial charge in [0, 0.05) is 35.8 Å². The predicted octanol–water partition coefficient (Wildman–Crippen LogP) is -1.97. The third kappa shape index (κ3) is 9.77. The summed E-state index contributed by atoms with van der Waals surface area (Å²) in [4.78, 5) is 68.8. The Hall–Kier alpha value is -4.31. The first-order valence-electron chi connectivity index (χ1n) is 12.3. The number of H-pyrrole nitrogens is 1. The summed E-state index contributed by atoms with van der Waals surface area (Å²) in [6.07, 6.45) is 1.01. The van der Waals surface area contributed by atoms with Crippen molar-refractivity contribution in [1.82, 2.24) is 20.9 Å². The monoisotopic (exact) mass is 578 g/mol. The minimum Gasteiger partial charge on any atom is -0.481 e. The van der Waals surface area contributed by atoms with E-state index in [-0.39, 0.29) is 37.5 Å². The Bertz CT molecular complexity index is 1250. The van der Waals surface area contributed by atoms with E-state index in [1.807, 2.05) is 12.1 Å². The number of aliphatic carboxylic acids is 2. The van der Waals surface area contributed by atoms with Crippen molar-refractivity contribution in [3.8, 4) is 0 Å². The average Bonchev–Trinajstić information content (AvgIpc) is 3.31. The highest BCUT2D eigenvalue weighted by atomic mass is 32.1. The van der Waals surface area contributed by atoms with E-state index in [1.54, 1.807) is 18.3 Å². The summed E-state index contributed by atoms with van der Waals surface area (Å²) in [6, 6.07) is 1.87. The molecular formula is C24H34N8O7S. The molecule has 15 nitrogen and oxygen atoms in total. The van der Waals surface area contributed by atoms with Crippen molar-refractivity contribution in [2.75, 3.05) is 12.3 Å². The van der Waals surface area contributed by atoms with E-state index in [2.05, 4.69) is 38.6 Å². The number of nitrogens with two attached hydrogens (primary N) is 3. The van der Waals surface area contributed by atoms with Gasteiger partial charge in [0.2, 0.25) is 17.7 Å². The van der Waals surface area contributed by atoms with Gasteiger partial charge in [0.05, 0.1) is 12.5 Å². The van der Waals surface area contributed by atoms with Crippen LogP contribution in [0.3, 0.4) is 0 Å². The number of fused-ring (bicyclic) bond motifs is 1. The van der Waals surface area contributed by atoms with Crippen LogP contribution in [0.25, 0.3) is 10.9 Å². The molecular weight excluding hydrogens is 544 g/mol. The number of carboxylic acids is 2. The van der Waals surface area contributed by atoms with Gasteiger partial charge in [-0.3, -0.25) is 24.2 Å². The second-order valence-corrected chi connectivity index (χ2v) is 9.29. The fourth-order valence-electron chi connectivity index (χ4n) is 3.78. The molecule has 0 aliphatic rings. The maximum atomic E-state index is 13.3. The van der Waals surface area contributed by atoms with Crippen LogP contribution in [0.2, 0.25) is 0 Å². The van der Waals surface area contributed by atoms with Crippen molar-refractivity contribution in [2.45, 2.75) is 49.9 Å². The maximum Gasteiger partial charge on any atom is 0.326 e. The summed E-state index contributed by atoms with van der Waals surface area (Å²) in [7, 11) is 0. The number of para-hydroxylation sites is 1. The zero-order valence-corrected chi connectivity index (χ0v) is 22.4. The van der Waals surface area contributed by atoms with Gasteiger partial charge in [-0.1, -0.05) is 18.2 Å². The number of thiol groups is 1. The van der Waals surface area contributed by atoms with E-state index in [0.29, 0.717) is 5.56 Å². The predicted molar refractivity (Wildman–Crippen MR) is 149 cm³/mol. The van der Waals surface area contributed by atoms with Crippen molar-refractivity contribution in [3.63, 3.8) is 0 Å². The molecule has 0 fully saturated rings. The highest BCUT2D eigenvalue weighted by Crippen LogP contribution is 2.19. The zero-order valence-electron chi connectivity index (χ0n) is 21.5. The smallest absolute Gasteiger partial charge is 0.326 e. The highest BCUT2D eigenvalue weighted by molar-refractivity contribution is 7.80. The number of carbonyl (C=O) groups excluding carboxylic acids is 3. The van der Waals surface area contributed by atoms with Crippen molar-refractivity contribution in [1.29, 1.82) is 0 Å². The van der Waals surface area contributed by atoms with Crippen molar-refractivity contribution < 1.29 is 34.2 Å².